The first kappa shape index (κ1) is 14.8. The molecule has 1 saturated heterocycles. The van der Waals surface area contributed by atoms with Crippen molar-refractivity contribution >= 4 is 0 Å². The van der Waals surface area contributed by atoms with Crippen molar-refractivity contribution in [1.82, 2.24) is 4.90 Å². The molecule has 0 radical (unpaired) electrons. The molecule has 0 amide bonds. The molecule has 0 spiro atoms. The number of ether oxygens (including phenoxy) is 2. The highest BCUT2D eigenvalue weighted by Gasteiger charge is 2.20. The van der Waals surface area contributed by atoms with Gasteiger partial charge in [-0.3, -0.25) is 4.90 Å². The number of piperidine rings is 1. The van der Waals surface area contributed by atoms with Gasteiger partial charge in [0.05, 0.1) is 19.3 Å². The molecule has 1 fully saturated rings. The zero-order valence-electron chi connectivity index (χ0n) is 12.3. The summed E-state index contributed by atoms with van der Waals surface area (Å²) < 4.78 is 10.5. The van der Waals surface area contributed by atoms with Crippen LogP contribution in [0, 0.1) is 17.2 Å². The number of rotatable bonds is 5. The maximum atomic E-state index is 9.00. The van der Waals surface area contributed by atoms with E-state index in [1.54, 1.807) is 14.2 Å². The maximum absolute atomic E-state index is 9.00. The van der Waals surface area contributed by atoms with Gasteiger partial charge in [-0.05, 0) is 43.0 Å². The van der Waals surface area contributed by atoms with Gasteiger partial charge in [-0.1, -0.05) is 6.07 Å². The molecule has 0 N–H and O–H groups in total. The van der Waals surface area contributed by atoms with Gasteiger partial charge in [0.1, 0.15) is 11.8 Å². The topological polar surface area (TPSA) is 45.5 Å². The summed E-state index contributed by atoms with van der Waals surface area (Å²) in [6.07, 6.45) is 2.47. The molecule has 1 heterocycles. The molecule has 0 aliphatic carbocycles. The molecule has 1 unspecified atom stereocenters. The lowest BCUT2D eigenvalue weighted by molar-refractivity contribution is 0.0873. The molecule has 1 aliphatic rings. The normalized spacial score (nSPS) is 19.6. The molecule has 1 aromatic rings. The van der Waals surface area contributed by atoms with E-state index in [-0.39, 0.29) is 0 Å². The zero-order valence-corrected chi connectivity index (χ0v) is 12.3. The molecule has 4 heteroatoms. The predicted molar refractivity (Wildman–Crippen MR) is 77.6 cm³/mol. The number of nitriles is 1. The zero-order chi connectivity index (χ0) is 14.4. The van der Waals surface area contributed by atoms with Crippen LogP contribution in [0.4, 0.5) is 0 Å². The molecule has 108 valence electrons. The number of likely N-dealkylation sites (tertiary alicyclic amines) is 1. The third kappa shape index (κ3) is 3.72. The summed E-state index contributed by atoms with van der Waals surface area (Å²) in [4.78, 5) is 2.45. The summed E-state index contributed by atoms with van der Waals surface area (Å²) in [6, 6.07) is 7.97. The molecule has 1 atom stereocenters. The highest BCUT2D eigenvalue weighted by atomic mass is 16.5. The lowest BCUT2D eigenvalue weighted by atomic mass is 9.98. The van der Waals surface area contributed by atoms with Crippen LogP contribution >= 0.6 is 0 Å². The lowest BCUT2D eigenvalue weighted by Crippen LogP contribution is -2.36. The van der Waals surface area contributed by atoms with Gasteiger partial charge >= 0.3 is 0 Å². The Morgan fingerprint density at radius 2 is 2.25 bits per heavy atom. The van der Waals surface area contributed by atoms with Crippen LogP contribution in [0.3, 0.4) is 0 Å². The summed E-state index contributed by atoms with van der Waals surface area (Å²) >= 11 is 0. The van der Waals surface area contributed by atoms with Gasteiger partial charge in [0.25, 0.3) is 0 Å². The fraction of sp³-hybridized carbons (Fsp3) is 0.562. The van der Waals surface area contributed by atoms with E-state index in [0.29, 0.717) is 17.2 Å². The molecular formula is C16H22N2O2. The van der Waals surface area contributed by atoms with Crippen LogP contribution in [0.2, 0.25) is 0 Å². The van der Waals surface area contributed by atoms with Crippen LogP contribution in [-0.4, -0.2) is 38.8 Å². The number of methoxy groups -OCH3 is 2. The van der Waals surface area contributed by atoms with E-state index in [0.717, 1.165) is 26.2 Å². The fourth-order valence-electron chi connectivity index (χ4n) is 2.85. The van der Waals surface area contributed by atoms with Crippen molar-refractivity contribution < 1.29 is 9.47 Å². The Hall–Kier alpha value is -1.57. The molecule has 0 saturated carbocycles. The van der Waals surface area contributed by atoms with Crippen molar-refractivity contribution in [3.05, 3.63) is 29.3 Å². The standard InChI is InChI=1S/C16H22N2O2/c1-19-12-14-4-3-7-18(11-14)10-13-5-6-15(9-17)16(8-13)20-2/h5-6,8,14H,3-4,7,10-12H2,1-2H3. The molecule has 1 aliphatic heterocycles. The lowest BCUT2D eigenvalue weighted by Gasteiger charge is -2.32. The third-order valence-electron chi connectivity index (χ3n) is 3.80. The van der Waals surface area contributed by atoms with Gasteiger partial charge in [0.15, 0.2) is 0 Å². The SMILES string of the molecule is COCC1CCCN(Cc2ccc(C#N)c(OC)c2)C1. The van der Waals surface area contributed by atoms with Crippen molar-refractivity contribution in [2.45, 2.75) is 19.4 Å². The van der Waals surface area contributed by atoms with Crippen LogP contribution in [0.5, 0.6) is 5.75 Å². The van der Waals surface area contributed by atoms with Crippen molar-refractivity contribution in [2.75, 3.05) is 33.9 Å². The Kier molecular flexibility index (Phi) is 5.40. The number of benzene rings is 1. The number of nitrogens with zero attached hydrogens (tertiary/aromatic N) is 2. The average molecular weight is 274 g/mol. The highest BCUT2D eigenvalue weighted by molar-refractivity contribution is 5.45. The van der Waals surface area contributed by atoms with E-state index < -0.39 is 0 Å². The van der Waals surface area contributed by atoms with Crippen LogP contribution in [0.25, 0.3) is 0 Å². The van der Waals surface area contributed by atoms with E-state index >= 15 is 0 Å². The molecule has 4 nitrogen and oxygen atoms in total. The van der Waals surface area contributed by atoms with Crippen molar-refractivity contribution in [3.63, 3.8) is 0 Å². The predicted octanol–water partition coefficient (Wildman–Crippen LogP) is 2.43. The summed E-state index contributed by atoms with van der Waals surface area (Å²) in [5.41, 5.74) is 1.78. The second-order valence-electron chi connectivity index (χ2n) is 5.35. The van der Waals surface area contributed by atoms with Crippen molar-refractivity contribution in [1.29, 1.82) is 5.26 Å². The largest absolute Gasteiger partial charge is 0.495 e. The van der Waals surface area contributed by atoms with Crippen LogP contribution in [0.1, 0.15) is 24.0 Å². The third-order valence-corrected chi connectivity index (χ3v) is 3.80. The Balaban J connectivity index is 2.01. The van der Waals surface area contributed by atoms with Gasteiger partial charge in [-0.2, -0.15) is 5.26 Å². The van der Waals surface area contributed by atoms with Crippen molar-refractivity contribution in [2.24, 2.45) is 5.92 Å². The highest BCUT2D eigenvalue weighted by Crippen LogP contribution is 2.23. The summed E-state index contributed by atoms with van der Waals surface area (Å²) in [6.45, 7) is 3.95. The Morgan fingerprint density at radius 1 is 1.40 bits per heavy atom. The molecule has 20 heavy (non-hydrogen) atoms. The minimum atomic E-state index is 0.590. The smallest absolute Gasteiger partial charge is 0.136 e. The van der Waals surface area contributed by atoms with Crippen LogP contribution in [-0.2, 0) is 11.3 Å². The van der Waals surface area contributed by atoms with Gasteiger partial charge < -0.3 is 9.47 Å². The summed E-state index contributed by atoms with van der Waals surface area (Å²) in [7, 11) is 3.37. The van der Waals surface area contributed by atoms with Gasteiger partial charge in [-0.15, -0.1) is 0 Å². The Bertz CT molecular complexity index is 480. The van der Waals surface area contributed by atoms with Gasteiger partial charge in [-0.25, -0.2) is 0 Å². The fourth-order valence-corrected chi connectivity index (χ4v) is 2.85. The van der Waals surface area contributed by atoms with Crippen molar-refractivity contribution in [3.8, 4) is 11.8 Å². The van der Waals surface area contributed by atoms with E-state index in [1.807, 2.05) is 18.2 Å². The molecule has 0 bridgehead atoms. The first-order chi connectivity index (χ1) is 9.76. The van der Waals surface area contributed by atoms with E-state index in [4.69, 9.17) is 14.7 Å². The minimum Gasteiger partial charge on any atom is -0.495 e. The molecule has 1 aromatic carbocycles. The monoisotopic (exact) mass is 274 g/mol. The van der Waals surface area contributed by atoms with Crippen LogP contribution in [0.15, 0.2) is 18.2 Å². The van der Waals surface area contributed by atoms with Gasteiger partial charge in [0.2, 0.25) is 0 Å². The van der Waals surface area contributed by atoms with E-state index in [1.165, 1.54) is 18.4 Å². The number of hydrogen-bond donors (Lipinski definition) is 0. The van der Waals surface area contributed by atoms with E-state index in [2.05, 4.69) is 11.0 Å². The molecular weight excluding hydrogens is 252 g/mol. The first-order valence-corrected chi connectivity index (χ1v) is 7.05. The average Bonchev–Trinajstić information content (AvgIpc) is 2.48. The second kappa shape index (κ2) is 7.28. The summed E-state index contributed by atoms with van der Waals surface area (Å²) in [5, 5.41) is 9.00. The second-order valence-corrected chi connectivity index (χ2v) is 5.35. The Labute approximate surface area is 120 Å². The van der Waals surface area contributed by atoms with Crippen LogP contribution < -0.4 is 4.74 Å². The first-order valence-electron chi connectivity index (χ1n) is 7.05. The summed E-state index contributed by atoms with van der Waals surface area (Å²) in [5.74, 6) is 1.30. The van der Waals surface area contributed by atoms with E-state index in [9.17, 15) is 0 Å². The minimum absolute atomic E-state index is 0.590. The quantitative estimate of drug-likeness (QED) is 0.827. The number of hydrogen-bond acceptors (Lipinski definition) is 4. The molecule has 0 aromatic heterocycles. The molecule has 2 rings (SSSR count). The van der Waals surface area contributed by atoms with Gasteiger partial charge in [0, 0.05) is 20.2 Å². The maximum Gasteiger partial charge on any atom is 0.136 e. The Morgan fingerprint density at radius 3 is 2.95 bits per heavy atom.